The largest absolute Gasteiger partial charge is 0.505 e. The van der Waals surface area contributed by atoms with Crippen molar-refractivity contribution in [3.63, 3.8) is 0 Å². The molecule has 1 amide bonds. The Bertz CT molecular complexity index is 1480. The predicted molar refractivity (Wildman–Crippen MR) is 144 cm³/mol. The molecule has 2 heterocycles. The average Bonchev–Trinajstić information content (AvgIpc) is 2.91. The summed E-state index contributed by atoms with van der Waals surface area (Å²) in [6.45, 7) is 3.46. The molecule has 190 valence electrons. The van der Waals surface area contributed by atoms with Crippen LogP contribution in [0.15, 0.2) is 71.8 Å². The predicted octanol–water partition coefficient (Wildman–Crippen LogP) is 4.58. The number of rotatable bonds is 6. The van der Waals surface area contributed by atoms with Gasteiger partial charge < -0.3 is 15.2 Å². The summed E-state index contributed by atoms with van der Waals surface area (Å²) in [6, 6.07) is 17.2. The van der Waals surface area contributed by atoms with Crippen molar-refractivity contribution in [1.29, 1.82) is 0 Å². The van der Waals surface area contributed by atoms with Crippen molar-refractivity contribution < 1.29 is 14.6 Å². The maximum atomic E-state index is 13.9. The summed E-state index contributed by atoms with van der Waals surface area (Å²) < 4.78 is 7.11. The maximum Gasteiger partial charge on any atom is 0.263 e. The van der Waals surface area contributed by atoms with Crippen molar-refractivity contribution in [2.45, 2.75) is 6.04 Å². The molecule has 1 unspecified atom stereocenters. The van der Waals surface area contributed by atoms with E-state index in [4.69, 9.17) is 27.9 Å². The quantitative estimate of drug-likeness (QED) is 0.373. The number of hydrogen-bond acceptors (Lipinski definition) is 6. The number of anilines is 1. The number of aromatic hydroxyl groups is 1. The van der Waals surface area contributed by atoms with Gasteiger partial charge >= 0.3 is 0 Å². The lowest BCUT2D eigenvalue weighted by molar-refractivity contribution is 0.0335. The van der Waals surface area contributed by atoms with Crippen LogP contribution in [0.2, 0.25) is 10.0 Å². The number of nitrogens with one attached hydrogen (secondary N) is 1. The Labute approximate surface area is 223 Å². The first-order chi connectivity index (χ1) is 17.9. The maximum absolute atomic E-state index is 13.9. The highest BCUT2D eigenvalue weighted by atomic mass is 35.5. The average molecular weight is 539 g/mol. The highest BCUT2D eigenvalue weighted by Gasteiger charge is 2.23. The first-order valence-corrected chi connectivity index (χ1v) is 12.5. The number of aromatic nitrogens is 2. The van der Waals surface area contributed by atoms with Gasteiger partial charge in [-0.2, -0.15) is 0 Å². The van der Waals surface area contributed by atoms with Gasteiger partial charge in [-0.25, -0.2) is 4.98 Å². The molecule has 3 aromatic carbocycles. The summed E-state index contributed by atoms with van der Waals surface area (Å²) in [7, 11) is 0. The number of carbonyl (C=O) groups is 1. The fraction of sp³-hybridized carbons (Fsp3) is 0.222. The van der Waals surface area contributed by atoms with Crippen LogP contribution in [0, 0.1) is 0 Å². The molecule has 5 rings (SSSR count). The van der Waals surface area contributed by atoms with Gasteiger partial charge in [-0.3, -0.25) is 19.1 Å². The first kappa shape index (κ1) is 25.2. The molecule has 0 spiro atoms. The third-order valence-electron chi connectivity index (χ3n) is 6.39. The van der Waals surface area contributed by atoms with Crippen LogP contribution in [0.1, 0.15) is 22.0 Å². The molecule has 2 N–H and O–H groups in total. The fourth-order valence-corrected chi connectivity index (χ4v) is 4.94. The van der Waals surface area contributed by atoms with Crippen LogP contribution in [0.5, 0.6) is 5.75 Å². The number of fused-ring (bicyclic) bond motifs is 1. The highest BCUT2D eigenvalue weighted by Crippen LogP contribution is 2.33. The number of halogens is 2. The molecule has 0 bridgehead atoms. The molecular weight excluding hydrogens is 515 g/mol. The summed E-state index contributed by atoms with van der Waals surface area (Å²) in [5.74, 6) is -0.830. The summed E-state index contributed by atoms with van der Waals surface area (Å²) >= 11 is 12.0. The zero-order valence-corrected chi connectivity index (χ0v) is 21.2. The van der Waals surface area contributed by atoms with Crippen LogP contribution in [0.4, 0.5) is 5.69 Å². The van der Waals surface area contributed by atoms with Crippen LogP contribution in [-0.2, 0) is 4.74 Å². The van der Waals surface area contributed by atoms with Crippen LogP contribution < -0.4 is 10.9 Å². The molecule has 37 heavy (non-hydrogen) atoms. The number of nitrogens with zero attached hydrogens (tertiary/aromatic N) is 3. The van der Waals surface area contributed by atoms with Gasteiger partial charge in [0.25, 0.3) is 11.5 Å². The van der Waals surface area contributed by atoms with E-state index >= 15 is 0 Å². The number of phenols is 1. The summed E-state index contributed by atoms with van der Waals surface area (Å²) in [5.41, 5.74) is 1.62. The van der Waals surface area contributed by atoms with E-state index in [1.807, 2.05) is 30.3 Å². The SMILES string of the molecule is O=C(Nc1cccc2ncn(C(CN3CCOCC3)c3ccccc3)c(=O)c12)c1cc(Cl)c(O)c(Cl)c1. The number of carbonyl (C=O) groups excluding carboxylic acids is 1. The van der Waals surface area contributed by atoms with Crippen molar-refractivity contribution in [2.75, 3.05) is 38.2 Å². The Kier molecular flexibility index (Phi) is 7.43. The number of amides is 1. The van der Waals surface area contributed by atoms with Gasteiger partial charge in [0, 0.05) is 25.2 Å². The third-order valence-corrected chi connectivity index (χ3v) is 6.97. The summed E-state index contributed by atoms with van der Waals surface area (Å²) in [4.78, 5) is 33.8. The minimum Gasteiger partial charge on any atom is -0.505 e. The molecule has 4 aromatic rings. The summed E-state index contributed by atoms with van der Waals surface area (Å²) in [5, 5.41) is 12.8. The Morgan fingerprint density at radius 1 is 1.05 bits per heavy atom. The number of benzene rings is 3. The molecule has 1 saturated heterocycles. The van der Waals surface area contributed by atoms with Gasteiger partial charge in [0.15, 0.2) is 5.75 Å². The first-order valence-electron chi connectivity index (χ1n) is 11.8. The second kappa shape index (κ2) is 10.9. The molecule has 1 aliphatic rings. The van der Waals surface area contributed by atoms with Crippen LogP contribution in [-0.4, -0.2) is 58.3 Å². The molecule has 1 aromatic heterocycles. The topological polar surface area (TPSA) is 96.7 Å². The Morgan fingerprint density at radius 2 is 1.76 bits per heavy atom. The zero-order valence-electron chi connectivity index (χ0n) is 19.7. The van der Waals surface area contributed by atoms with E-state index in [1.54, 1.807) is 29.1 Å². The van der Waals surface area contributed by atoms with Gasteiger partial charge in [-0.05, 0) is 29.8 Å². The standard InChI is InChI=1S/C27H24Cl2N4O4/c28-19-13-18(14-20(29)25(19)34)26(35)31-22-8-4-7-21-24(22)27(36)33(16-30-21)23(17-5-2-1-3-6-17)15-32-9-11-37-12-10-32/h1-8,13-14,16,23,34H,9-12,15H2,(H,31,35). The van der Waals surface area contributed by atoms with Crippen molar-refractivity contribution in [2.24, 2.45) is 0 Å². The number of morpholine rings is 1. The Hall–Kier alpha value is -3.43. The third kappa shape index (κ3) is 5.33. The van der Waals surface area contributed by atoms with Crippen LogP contribution in [0.25, 0.3) is 10.9 Å². The van der Waals surface area contributed by atoms with Gasteiger partial charge in [0.1, 0.15) is 0 Å². The second-order valence-electron chi connectivity index (χ2n) is 8.74. The number of hydrogen-bond donors (Lipinski definition) is 2. The van der Waals surface area contributed by atoms with Crippen LogP contribution >= 0.6 is 23.2 Å². The molecular formula is C27H24Cl2N4O4. The molecule has 0 aliphatic carbocycles. The lowest BCUT2D eigenvalue weighted by Gasteiger charge is -2.31. The van der Waals surface area contributed by atoms with E-state index < -0.39 is 5.91 Å². The van der Waals surface area contributed by atoms with E-state index in [9.17, 15) is 14.7 Å². The fourth-order valence-electron chi connectivity index (χ4n) is 4.45. The number of ether oxygens (including phenoxy) is 1. The van der Waals surface area contributed by atoms with E-state index in [0.717, 1.165) is 18.7 Å². The van der Waals surface area contributed by atoms with Gasteiger partial charge in [0.05, 0.1) is 52.2 Å². The number of phenolic OH excluding ortho intramolecular Hbond substituents is 1. The minimum atomic E-state index is -0.529. The van der Waals surface area contributed by atoms with Crippen molar-refractivity contribution >= 4 is 45.7 Å². The van der Waals surface area contributed by atoms with Gasteiger partial charge in [-0.1, -0.05) is 59.6 Å². The minimum absolute atomic E-state index is 0.0478. The Morgan fingerprint density at radius 3 is 2.46 bits per heavy atom. The molecule has 1 fully saturated rings. The molecule has 0 radical (unpaired) electrons. The van der Waals surface area contributed by atoms with E-state index in [2.05, 4.69) is 15.2 Å². The second-order valence-corrected chi connectivity index (χ2v) is 9.55. The monoisotopic (exact) mass is 538 g/mol. The highest BCUT2D eigenvalue weighted by molar-refractivity contribution is 6.37. The smallest absolute Gasteiger partial charge is 0.263 e. The van der Waals surface area contributed by atoms with E-state index in [-0.39, 0.29) is 38.3 Å². The van der Waals surface area contributed by atoms with Crippen LogP contribution in [0.3, 0.4) is 0 Å². The van der Waals surface area contributed by atoms with Gasteiger partial charge in [-0.15, -0.1) is 0 Å². The Balaban J connectivity index is 1.55. The lowest BCUT2D eigenvalue weighted by atomic mass is 10.1. The van der Waals surface area contributed by atoms with E-state index in [1.165, 1.54) is 12.1 Å². The summed E-state index contributed by atoms with van der Waals surface area (Å²) in [6.07, 6.45) is 1.56. The van der Waals surface area contributed by atoms with Gasteiger partial charge in [0.2, 0.25) is 0 Å². The molecule has 0 saturated carbocycles. The normalized spacial score (nSPS) is 15.0. The van der Waals surface area contributed by atoms with E-state index in [0.29, 0.717) is 31.0 Å². The zero-order chi connectivity index (χ0) is 25.9. The van der Waals surface area contributed by atoms with Crippen molar-refractivity contribution in [3.05, 3.63) is 98.5 Å². The van der Waals surface area contributed by atoms with Crippen molar-refractivity contribution in [3.8, 4) is 5.75 Å². The molecule has 1 aliphatic heterocycles. The van der Waals surface area contributed by atoms with Crippen molar-refractivity contribution in [1.82, 2.24) is 14.5 Å². The lowest BCUT2D eigenvalue weighted by Crippen LogP contribution is -2.42. The molecule has 10 heteroatoms. The molecule has 8 nitrogen and oxygen atoms in total. The molecule has 1 atom stereocenters.